The number of hydrogen-bond acceptors (Lipinski definition) is 3. The lowest BCUT2D eigenvalue weighted by Gasteiger charge is -2.32. The van der Waals surface area contributed by atoms with Crippen molar-refractivity contribution in [2.75, 3.05) is 13.2 Å². The summed E-state index contributed by atoms with van der Waals surface area (Å²) in [6.45, 7) is 1.32. The summed E-state index contributed by atoms with van der Waals surface area (Å²) < 4.78 is 5.43. The van der Waals surface area contributed by atoms with Crippen molar-refractivity contribution in [1.82, 2.24) is 5.32 Å². The van der Waals surface area contributed by atoms with Gasteiger partial charge in [0.1, 0.15) is 6.29 Å². The first-order chi connectivity index (χ1) is 7.38. The Morgan fingerprint density at radius 3 is 2.73 bits per heavy atom. The summed E-state index contributed by atoms with van der Waals surface area (Å²) in [4.78, 5) is 10.7. The maximum Gasteiger partial charge on any atom is 0.139 e. The molecule has 0 aromatic heterocycles. The minimum Gasteiger partial charge on any atom is -0.378 e. The van der Waals surface area contributed by atoms with Crippen LogP contribution >= 0.6 is 0 Å². The monoisotopic (exact) mass is 211 g/mol. The van der Waals surface area contributed by atoms with Crippen LogP contribution in [0.1, 0.15) is 38.5 Å². The van der Waals surface area contributed by atoms with Gasteiger partial charge >= 0.3 is 0 Å². The van der Waals surface area contributed by atoms with E-state index in [9.17, 15) is 4.79 Å². The molecule has 1 saturated heterocycles. The summed E-state index contributed by atoms with van der Waals surface area (Å²) in [5.74, 6) is 0.852. The van der Waals surface area contributed by atoms with Crippen LogP contribution in [0.15, 0.2) is 0 Å². The molecule has 1 aliphatic carbocycles. The summed E-state index contributed by atoms with van der Waals surface area (Å²) in [5, 5.41) is 3.36. The Hall–Kier alpha value is -0.410. The van der Waals surface area contributed by atoms with Crippen LogP contribution in [0.5, 0.6) is 0 Å². The van der Waals surface area contributed by atoms with E-state index in [0.717, 1.165) is 18.8 Å². The van der Waals surface area contributed by atoms with E-state index in [4.69, 9.17) is 4.74 Å². The lowest BCUT2D eigenvalue weighted by molar-refractivity contribution is -0.113. The predicted molar refractivity (Wildman–Crippen MR) is 58.8 cm³/mol. The smallest absolute Gasteiger partial charge is 0.139 e. The van der Waals surface area contributed by atoms with Crippen LogP contribution in [0.2, 0.25) is 0 Å². The molecular formula is C12H21NO2. The molecule has 86 valence electrons. The first kappa shape index (κ1) is 11.1. The lowest BCUT2D eigenvalue weighted by atomic mass is 9.84. The number of rotatable bonds is 3. The van der Waals surface area contributed by atoms with Gasteiger partial charge in [-0.2, -0.15) is 0 Å². The highest BCUT2D eigenvalue weighted by Crippen LogP contribution is 2.27. The fraction of sp³-hybridized carbons (Fsp3) is 0.917. The van der Waals surface area contributed by atoms with Crippen LogP contribution in [0.3, 0.4) is 0 Å². The van der Waals surface area contributed by atoms with E-state index in [1.54, 1.807) is 0 Å². The van der Waals surface area contributed by atoms with Crippen molar-refractivity contribution in [3.63, 3.8) is 0 Å². The highest BCUT2D eigenvalue weighted by atomic mass is 16.5. The Morgan fingerprint density at radius 1 is 1.20 bits per heavy atom. The Labute approximate surface area is 91.6 Å². The SMILES string of the molecule is O=CC1COC[C@H](CC2CCCCC2)N1. The van der Waals surface area contributed by atoms with Crippen molar-refractivity contribution >= 4 is 6.29 Å². The van der Waals surface area contributed by atoms with Crippen molar-refractivity contribution in [3.8, 4) is 0 Å². The van der Waals surface area contributed by atoms with E-state index in [1.165, 1.54) is 38.5 Å². The van der Waals surface area contributed by atoms with Gasteiger partial charge in [0.15, 0.2) is 0 Å². The number of hydrogen-bond donors (Lipinski definition) is 1. The molecule has 1 heterocycles. The molecule has 1 aliphatic heterocycles. The number of nitrogens with one attached hydrogen (secondary N) is 1. The number of aldehydes is 1. The van der Waals surface area contributed by atoms with Crippen LogP contribution < -0.4 is 5.32 Å². The second-order valence-corrected chi connectivity index (χ2v) is 4.88. The van der Waals surface area contributed by atoms with Crippen molar-refractivity contribution in [2.24, 2.45) is 5.92 Å². The van der Waals surface area contributed by atoms with Crippen molar-refractivity contribution < 1.29 is 9.53 Å². The van der Waals surface area contributed by atoms with E-state index in [1.807, 2.05) is 0 Å². The zero-order valence-corrected chi connectivity index (χ0v) is 9.28. The number of carbonyl (C=O) groups excluding carboxylic acids is 1. The van der Waals surface area contributed by atoms with Gasteiger partial charge < -0.3 is 14.8 Å². The molecular weight excluding hydrogens is 190 g/mol. The fourth-order valence-electron chi connectivity index (χ4n) is 2.78. The average Bonchev–Trinajstić information content (AvgIpc) is 2.31. The Balaban J connectivity index is 1.75. The minimum absolute atomic E-state index is 0.0765. The molecule has 0 aromatic carbocycles. The van der Waals surface area contributed by atoms with Crippen LogP contribution in [-0.4, -0.2) is 31.6 Å². The van der Waals surface area contributed by atoms with Crippen molar-refractivity contribution in [3.05, 3.63) is 0 Å². The summed E-state index contributed by atoms with van der Waals surface area (Å²) in [6.07, 6.45) is 9.05. The molecule has 0 bridgehead atoms. The first-order valence-corrected chi connectivity index (χ1v) is 6.17. The van der Waals surface area contributed by atoms with Gasteiger partial charge in [-0.25, -0.2) is 0 Å². The summed E-state index contributed by atoms with van der Waals surface area (Å²) in [5.41, 5.74) is 0. The largest absolute Gasteiger partial charge is 0.378 e. The van der Waals surface area contributed by atoms with Gasteiger partial charge in [-0.1, -0.05) is 32.1 Å². The van der Waals surface area contributed by atoms with Gasteiger partial charge in [0.2, 0.25) is 0 Å². The molecule has 0 spiro atoms. The molecule has 0 radical (unpaired) electrons. The Morgan fingerprint density at radius 2 is 2.00 bits per heavy atom. The third-order valence-corrected chi connectivity index (χ3v) is 3.57. The summed E-state index contributed by atoms with van der Waals surface area (Å²) in [6, 6.07) is 0.324. The third-order valence-electron chi connectivity index (χ3n) is 3.57. The zero-order valence-electron chi connectivity index (χ0n) is 9.28. The highest BCUT2D eigenvalue weighted by Gasteiger charge is 2.24. The predicted octanol–water partition coefficient (Wildman–Crippen LogP) is 1.51. The summed E-state index contributed by atoms with van der Waals surface area (Å²) >= 11 is 0. The van der Waals surface area contributed by atoms with E-state index in [0.29, 0.717) is 12.6 Å². The molecule has 0 aromatic rings. The van der Waals surface area contributed by atoms with Crippen molar-refractivity contribution in [2.45, 2.75) is 50.6 Å². The molecule has 2 aliphatic rings. The van der Waals surface area contributed by atoms with Gasteiger partial charge in [0, 0.05) is 6.04 Å². The van der Waals surface area contributed by atoms with E-state index in [2.05, 4.69) is 5.32 Å². The van der Waals surface area contributed by atoms with Crippen molar-refractivity contribution in [1.29, 1.82) is 0 Å². The maximum absolute atomic E-state index is 10.7. The molecule has 0 amide bonds. The lowest BCUT2D eigenvalue weighted by Crippen LogP contribution is -2.50. The van der Waals surface area contributed by atoms with Gasteiger partial charge in [0.05, 0.1) is 19.3 Å². The highest BCUT2D eigenvalue weighted by molar-refractivity contribution is 5.57. The quantitative estimate of drug-likeness (QED) is 0.719. The van der Waals surface area contributed by atoms with Crippen LogP contribution in [0.4, 0.5) is 0 Å². The standard InChI is InChI=1S/C12H21NO2/c14-7-12-9-15-8-11(13-12)6-10-4-2-1-3-5-10/h7,10-13H,1-6,8-9H2/t11-,12?/m0/s1. The van der Waals surface area contributed by atoms with Gasteiger partial charge in [-0.05, 0) is 12.3 Å². The van der Waals surface area contributed by atoms with E-state index in [-0.39, 0.29) is 6.04 Å². The zero-order chi connectivity index (χ0) is 10.5. The molecule has 2 atom stereocenters. The van der Waals surface area contributed by atoms with Crippen LogP contribution in [0.25, 0.3) is 0 Å². The molecule has 2 rings (SSSR count). The maximum atomic E-state index is 10.7. The number of carbonyl (C=O) groups is 1. The fourth-order valence-corrected chi connectivity index (χ4v) is 2.78. The molecule has 1 unspecified atom stereocenters. The molecule has 3 nitrogen and oxygen atoms in total. The number of ether oxygens (including phenoxy) is 1. The van der Waals surface area contributed by atoms with Crippen LogP contribution in [0, 0.1) is 5.92 Å². The molecule has 15 heavy (non-hydrogen) atoms. The van der Waals surface area contributed by atoms with E-state index < -0.39 is 0 Å². The second-order valence-electron chi connectivity index (χ2n) is 4.88. The molecule has 1 saturated carbocycles. The Kier molecular flexibility index (Phi) is 4.15. The minimum atomic E-state index is -0.0765. The number of morpholine rings is 1. The van der Waals surface area contributed by atoms with Gasteiger partial charge in [-0.3, -0.25) is 0 Å². The topological polar surface area (TPSA) is 38.3 Å². The second kappa shape index (κ2) is 5.61. The first-order valence-electron chi connectivity index (χ1n) is 6.17. The summed E-state index contributed by atoms with van der Waals surface area (Å²) in [7, 11) is 0. The van der Waals surface area contributed by atoms with E-state index >= 15 is 0 Å². The Bertz CT molecular complexity index is 202. The third kappa shape index (κ3) is 3.28. The van der Waals surface area contributed by atoms with Gasteiger partial charge in [-0.15, -0.1) is 0 Å². The van der Waals surface area contributed by atoms with Crippen LogP contribution in [-0.2, 0) is 9.53 Å². The normalized spacial score (nSPS) is 33.9. The molecule has 1 N–H and O–H groups in total. The van der Waals surface area contributed by atoms with Gasteiger partial charge in [0.25, 0.3) is 0 Å². The molecule has 2 fully saturated rings. The average molecular weight is 211 g/mol. The molecule has 3 heteroatoms.